The van der Waals surface area contributed by atoms with Crippen molar-refractivity contribution in [2.24, 2.45) is 7.05 Å². The Hall–Kier alpha value is -0.620. The van der Waals surface area contributed by atoms with Gasteiger partial charge in [0.05, 0.1) is 31.3 Å². The van der Waals surface area contributed by atoms with E-state index >= 15 is 0 Å². The van der Waals surface area contributed by atoms with Crippen molar-refractivity contribution in [1.82, 2.24) is 19.8 Å². The summed E-state index contributed by atoms with van der Waals surface area (Å²) in [4.78, 5) is 6.79. The Morgan fingerprint density at radius 3 is 2.76 bits per heavy atom. The normalized spacial score (nSPS) is 19.5. The van der Waals surface area contributed by atoms with Crippen LogP contribution >= 0.6 is 11.6 Å². The van der Waals surface area contributed by atoms with Gasteiger partial charge in [-0.05, 0) is 7.05 Å². The second-order valence-electron chi connectivity index (χ2n) is 4.25. The molecular weight excluding hydrogens is 240 g/mol. The Balaban J connectivity index is 2.18. The molecule has 1 saturated heterocycles. The summed E-state index contributed by atoms with van der Waals surface area (Å²) < 4.78 is 7.23. The maximum absolute atomic E-state index is 6.27. The average Bonchev–Trinajstić information content (AvgIpc) is 2.69. The molecule has 5 nitrogen and oxygen atoms in total. The van der Waals surface area contributed by atoms with Gasteiger partial charge in [-0.2, -0.15) is 0 Å². The third-order valence-electron chi connectivity index (χ3n) is 3.09. The maximum atomic E-state index is 6.27. The van der Waals surface area contributed by atoms with E-state index in [1.165, 1.54) is 0 Å². The molecule has 1 aromatic heterocycles. The summed E-state index contributed by atoms with van der Waals surface area (Å²) in [6.07, 6.45) is 1.76. The SMILES string of the molecule is CNCC(c1ncn(C)c1Cl)N1CCOCC1. The van der Waals surface area contributed by atoms with Crippen LogP contribution in [-0.4, -0.2) is 54.3 Å². The van der Waals surface area contributed by atoms with Crippen molar-refractivity contribution in [3.05, 3.63) is 17.2 Å². The van der Waals surface area contributed by atoms with Crippen LogP contribution in [0.15, 0.2) is 6.33 Å². The number of aromatic nitrogens is 2. The van der Waals surface area contributed by atoms with E-state index in [2.05, 4.69) is 15.2 Å². The zero-order valence-electron chi connectivity index (χ0n) is 10.3. The molecule has 0 bridgehead atoms. The van der Waals surface area contributed by atoms with Gasteiger partial charge in [0.1, 0.15) is 5.15 Å². The molecule has 1 aliphatic rings. The molecule has 1 atom stereocenters. The monoisotopic (exact) mass is 258 g/mol. The molecule has 0 radical (unpaired) electrons. The Morgan fingerprint density at radius 2 is 2.24 bits per heavy atom. The van der Waals surface area contributed by atoms with Gasteiger partial charge in [-0.1, -0.05) is 11.6 Å². The molecule has 6 heteroatoms. The summed E-state index contributed by atoms with van der Waals surface area (Å²) in [5, 5.41) is 3.93. The first-order valence-corrected chi connectivity index (χ1v) is 6.25. The van der Waals surface area contributed by atoms with Crippen molar-refractivity contribution in [3.8, 4) is 0 Å². The molecule has 1 N–H and O–H groups in total. The lowest BCUT2D eigenvalue weighted by Crippen LogP contribution is -2.42. The van der Waals surface area contributed by atoms with Crippen LogP contribution in [0.1, 0.15) is 11.7 Å². The van der Waals surface area contributed by atoms with E-state index in [0.717, 1.165) is 43.7 Å². The van der Waals surface area contributed by atoms with E-state index < -0.39 is 0 Å². The highest BCUT2D eigenvalue weighted by molar-refractivity contribution is 6.30. The number of hydrogen-bond acceptors (Lipinski definition) is 4. The van der Waals surface area contributed by atoms with Crippen molar-refractivity contribution in [2.45, 2.75) is 6.04 Å². The summed E-state index contributed by atoms with van der Waals surface area (Å²) >= 11 is 6.27. The van der Waals surface area contributed by atoms with Gasteiger partial charge in [0.15, 0.2) is 0 Å². The second-order valence-corrected chi connectivity index (χ2v) is 4.61. The summed E-state index contributed by atoms with van der Waals surface area (Å²) in [5.74, 6) is 0. The molecule has 1 unspecified atom stereocenters. The fourth-order valence-corrected chi connectivity index (χ4v) is 2.36. The van der Waals surface area contributed by atoms with E-state index in [1.54, 1.807) is 6.33 Å². The third kappa shape index (κ3) is 2.80. The molecule has 1 aromatic rings. The number of ether oxygens (including phenoxy) is 1. The van der Waals surface area contributed by atoms with E-state index in [-0.39, 0.29) is 6.04 Å². The number of likely N-dealkylation sites (N-methyl/N-ethyl adjacent to an activating group) is 1. The van der Waals surface area contributed by atoms with E-state index in [9.17, 15) is 0 Å². The zero-order valence-corrected chi connectivity index (χ0v) is 11.1. The van der Waals surface area contributed by atoms with Crippen LogP contribution < -0.4 is 5.32 Å². The zero-order chi connectivity index (χ0) is 12.3. The number of nitrogens with zero attached hydrogens (tertiary/aromatic N) is 3. The molecule has 96 valence electrons. The fraction of sp³-hybridized carbons (Fsp3) is 0.727. The smallest absolute Gasteiger partial charge is 0.133 e. The summed E-state index contributed by atoms with van der Waals surface area (Å²) in [6.45, 7) is 4.27. The van der Waals surface area contributed by atoms with Crippen LogP contribution in [0.25, 0.3) is 0 Å². The van der Waals surface area contributed by atoms with Gasteiger partial charge < -0.3 is 14.6 Å². The molecule has 0 aromatic carbocycles. The summed E-state index contributed by atoms with van der Waals surface area (Å²) in [5.41, 5.74) is 0.949. The lowest BCUT2D eigenvalue weighted by molar-refractivity contribution is 0.0157. The fourth-order valence-electron chi connectivity index (χ4n) is 2.14. The summed E-state index contributed by atoms with van der Waals surface area (Å²) in [7, 11) is 3.86. The van der Waals surface area contributed by atoms with Gasteiger partial charge in [0.25, 0.3) is 0 Å². The quantitative estimate of drug-likeness (QED) is 0.862. The van der Waals surface area contributed by atoms with Gasteiger partial charge >= 0.3 is 0 Å². The molecular formula is C11H19ClN4O. The molecule has 2 rings (SSSR count). The van der Waals surface area contributed by atoms with Crippen LogP contribution in [0.3, 0.4) is 0 Å². The highest BCUT2D eigenvalue weighted by Crippen LogP contribution is 2.26. The topological polar surface area (TPSA) is 42.3 Å². The van der Waals surface area contributed by atoms with Crippen molar-refractivity contribution in [3.63, 3.8) is 0 Å². The molecule has 0 amide bonds. The van der Waals surface area contributed by atoms with Crippen LogP contribution in [0.4, 0.5) is 0 Å². The van der Waals surface area contributed by atoms with Gasteiger partial charge in [-0.3, -0.25) is 4.90 Å². The average molecular weight is 259 g/mol. The van der Waals surface area contributed by atoms with E-state index in [0.29, 0.717) is 0 Å². The number of rotatable bonds is 4. The number of aryl methyl sites for hydroxylation is 1. The van der Waals surface area contributed by atoms with E-state index in [4.69, 9.17) is 16.3 Å². The predicted molar refractivity (Wildman–Crippen MR) is 67.3 cm³/mol. The largest absolute Gasteiger partial charge is 0.379 e. The van der Waals surface area contributed by atoms with Crippen molar-refractivity contribution >= 4 is 11.6 Å². The number of hydrogen-bond donors (Lipinski definition) is 1. The molecule has 17 heavy (non-hydrogen) atoms. The van der Waals surface area contributed by atoms with Crippen molar-refractivity contribution < 1.29 is 4.74 Å². The highest BCUT2D eigenvalue weighted by atomic mass is 35.5. The minimum absolute atomic E-state index is 0.220. The summed E-state index contributed by atoms with van der Waals surface area (Å²) in [6, 6.07) is 0.220. The van der Waals surface area contributed by atoms with Crippen LogP contribution in [0, 0.1) is 0 Å². The van der Waals surface area contributed by atoms with Gasteiger partial charge in [0.2, 0.25) is 0 Å². The first kappa shape index (κ1) is 12.8. The first-order valence-electron chi connectivity index (χ1n) is 5.87. The van der Waals surface area contributed by atoms with Crippen LogP contribution in [-0.2, 0) is 11.8 Å². The van der Waals surface area contributed by atoms with Crippen LogP contribution in [0.5, 0.6) is 0 Å². The predicted octanol–water partition coefficient (Wildman–Crippen LogP) is 0.666. The second kappa shape index (κ2) is 5.82. The number of halogens is 1. The Morgan fingerprint density at radius 1 is 1.53 bits per heavy atom. The standard InChI is InChI=1S/C11H19ClN4O/c1-13-7-9(16-3-5-17-6-4-16)10-11(12)15(2)8-14-10/h8-9,13H,3-7H2,1-2H3. The number of nitrogens with one attached hydrogen (secondary N) is 1. The van der Waals surface area contributed by atoms with Crippen molar-refractivity contribution in [1.29, 1.82) is 0 Å². The molecule has 0 saturated carbocycles. The van der Waals surface area contributed by atoms with Crippen LogP contribution in [0.2, 0.25) is 5.15 Å². The van der Waals surface area contributed by atoms with E-state index in [1.807, 2.05) is 18.7 Å². The minimum atomic E-state index is 0.220. The van der Waals surface area contributed by atoms with Gasteiger partial charge in [0, 0.05) is 26.7 Å². The lowest BCUT2D eigenvalue weighted by Gasteiger charge is -2.33. The molecule has 2 heterocycles. The number of imidazole rings is 1. The Labute approximate surface area is 107 Å². The van der Waals surface area contributed by atoms with Gasteiger partial charge in [-0.25, -0.2) is 4.98 Å². The minimum Gasteiger partial charge on any atom is -0.379 e. The Kier molecular flexibility index (Phi) is 4.39. The maximum Gasteiger partial charge on any atom is 0.133 e. The lowest BCUT2D eigenvalue weighted by atomic mass is 10.1. The van der Waals surface area contributed by atoms with Gasteiger partial charge in [-0.15, -0.1) is 0 Å². The van der Waals surface area contributed by atoms with Crippen molar-refractivity contribution in [2.75, 3.05) is 39.9 Å². The highest BCUT2D eigenvalue weighted by Gasteiger charge is 2.26. The molecule has 1 aliphatic heterocycles. The Bertz CT molecular complexity index is 362. The first-order chi connectivity index (χ1) is 8.24. The number of morpholine rings is 1. The molecule has 0 spiro atoms. The molecule has 0 aliphatic carbocycles. The third-order valence-corrected chi connectivity index (χ3v) is 3.55. The molecule has 1 fully saturated rings.